The molecule has 1 aromatic rings. The highest BCUT2D eigenvalue weighted by molar-refractivity contribution is 7.88. The summed E-state index contributed by atoms with van der Waals surface area (Å²) in [5, 5.41) is 2.64. The van der Waals surface area contributed by atoms with Gasteiger partial charge in [-0.05, 0) is 30.7 Å². The monoisotopic (exact) mass is 309 g/mol. The Balaban J connectivity index is 2.61. The number of nitrogens with two attached hydrogens (primary N) is 1. The van der Waals surface area contributed by atoms with Crippen molar-refractivity contribution in [2.45, 2.75) is 6.92 Å². The van der Waals surface area contributed by atoms with Gasteiger partial charge in [-0.25, -0.2) is 13.1 Å². The van der Waals surface area contributed by atoms with Crippen molar-refractivity contribution in [1.29, 1.82) is 0 Å². The van der Waals surface area contributed by atoms with E-state index in [0.29, 0.717) is 5.56 Å². The first kappa shape index (κ1) is 17.2. The number of sulfonamides is 1. The number of aryl methyl sites for hydroxylation is 1. The van der Waals surface area contributed by atoms with Crippen LogP contribution in [-0.4, -0.2) is 40.2 Å². The summed E-state index contributed by atoms with van der Waals surface area (Å²) in [6.07, 6.45) is 1.07. The van der Waals surface area contributed by atoms with Crippen LogP contribution in [0, 0.1) is 18.8 Å². The first-order chi connectivity index (χ1) is 9.83. The summed E-state index contributed by atoms with van der Waals surface area (Å²) in [6.45, 7) is 2.53. The molecular weight excluding hydrogens is 290 g/mol. The van der Waals surface area contributed by atoms with Gasteiger partial charge in [-0.15, -0.1) is 0 Å². The summed E-state index contributed by atoms with van der Waals surface area (Å²) in [5.74, 6) is 5.43. The fourth-order valence-electron chi connectivity index (χ4n) is 1.61. The molecule has 0 heterocycles. The normalized spacial score (nSPS) is 10.6. The van der Waals surface area contributed by atoms with Gasteiger partial charge < -0.3 is 11.1 Å². The van der Waals surface area contributed by atoms with Crippen molar-refractivity contribution in [3.63, 3.8) is 0 Å². The van der Waals surface area contributed by atoms with Gasteiger partial charge in [0.05, 0.1) is 12.8 Å². The Morgan fingerprint density at radius 2 is 2.05 bits per heavy atom. The first-order valence-electron chi connectivity index (χ1n) is 6.36. The Hall–Kier alpha value is -1.88. The van der Waals surface area contributed by atoms with Crippen molar-refractivity contribution in [3.8, 4) is 11.8 Å². The molecule has 7 heteroatoms. The molecule has 0 radical (unpaired) electrons. The Morgan fingerprint density at radius 1 is 1.33 bits per heavy atom. The van der Waals surface area contributed by atoms with Crippen LogP contribution in [0.4, 0.5) is 0 Å². The topological polar surface area (TPSA) is 101 Å². The molecule has 114 valence electrons. The molecule has 0 atom stereocenters. The maximum Gasteiger partial charge on any atom is 0.251 e. The van der Waals surface area contributed by atoms with Gasteiger partial charge in [0.15, 0.2) is 0 Å². The number of rotatable bonds is 5. The summed E-state index contributed by atoms with van der Waals surface area (Å²) >= 11 is 0. The summed E-state index contributed by atoms with van der Waals surface area (Å²) < 4.78 is 24.0. The van der Waals surface area contributed by atoms with E-state index in [1.807, 2.05) is 6.92 Å². The van der Waals surface area contributed by atoms with Crippen LogP contribution >= 0.6 is 0 Å². The summed E-state index contributed by atoms with van der Waals surface area (Å²) in [4.78, 5) is 11.9. The highest BCUT2D eigenvalue weighted by Crippen LogP contribution is 2.10. The highest BCUT2D eigenvalue weighted by Gasteiger charge is 2.07. The van der Waals surface area contributed by atoms with Gasteiger partial charge in [0.25, 0.3) is 5.91 Å². The molecule has 6 nitrogen and oxygen atoms in total. The highest BCUT2D eigenvalue weighted by atomic mass is 32.2. The lowest BCUT2D eigenvalue weighted by atomic mass is 10.0. The van der Waals surface area contributed by atoms with Crippen molar-refractivity contribution in [2.75, 3.05) is 25.9 Å². The molecule has 0 aromatic heterocycles. The van der Waals surface area contributed by atoms with Crippen LogP contribution < -0.4 is 15.8 Å². The summed E-state index contributed by atoms with van der Waals surface area (Å²) in [6, 6.07) is 5.17. The van der Waals surface area contributed by atoms with Crippen molar-refractivity contribution in [3.05, 3.63) is 34.9 Å². The number of amides is 1. The van der Waals surface area contributed by atoms with Crippen LogP contribution in [0.15, 0.2) is 18.2 Å². The van der Waals surface area contributed by atoms with Gasteiger partial charge in [0.2, 0.25) is 10.0 Å². The van der Waals surface area contributed by atoms with Crippen LogP contribution in [0.3, 0.4) is 0 Å². The summed E-state index contributed by atoms with van der Waals surface area (Å²) in [7, 11) is -3.23. The maximum absolute atomic E-state index is 11.9. The minimum atomic E-state index is -3.23. The minimum absolute atomic E-state index is 0.156. The standard InChI is InChI=1S/C14H19N3O3S/c1-11-10-13(6-5-12(11)4-3-7-15)14(18)16-8-9-17-21(2,19)20/h5-6,10,17H,7-9,15H2,1-2H3,(H,16,18). The van der Waals surface area contributed by atoms with E-state index < -0.39 is 10.0 Å². The second kappa shape index (κ2) is 7.78. The van der Waals surface area contributed by atoms with Gasteiger partial charge in [-0.1, -0.05) is 11.8 Å². The zero-order chi connectivity index (χ0) is 15.9. The fraction of sp³-hybridized carbons (Fsp3) is 0.357. The Kier molecular flexibility index (Phi) is 6.37. The van der Waals surface area contributed by atoms with Gasteiger partial charge in [-0.2, -0.15) is 0 Å². The van der Waals surface area contributed by atoms with Crippen molar-refractivity contribution in [1.82, 2.24) is 10.0 Å². The Bertz CT molecular complexity index is 672. The quantitative estimate of drug-likeness (QED) is 0.508. The predicted molar refractivity (Wildman–Crippen MR) is 82.3 cm³/mol. The van der Waals surface area contributed by atoms with Gasteiger partial charge in [-0.3, -0.25) is 4.79 Å². The van der Waals surface area contributed by atoms with Crippen molar-refractivity contribution >= 4 is 15.9 Å². The molecule has 1 rings (SSSR count). The number of benzene rings is 1. The van der Waals surface area contributed by atoms with Crippen LogP contribution in [-0.2, 0) is 10.0 Å². The van der Waals surface area contributed by atoms with Crippen LogP contribution in [0.2, 0.25) is 0 Å². The third kappa shape index (κ3) is 6.40. The zero-order valence-corrected chi connectivity index (χ0v) is 12.9. The van der Waals surface area contributed by atoms with E-state index in [4.69, 9.17) is 5.73 Å². The number of carbonyl (C=O) groups is 1. The lowest BCUT2D eigenvalue weighted by Gasteiger charge is -2.07. The Labute approximate surface area is 125 Å². The van der Waals surface area contributed by atoms with E-state index in [1.54, 1.807) is 18.2 Å². The number of carbonyl (C=O) groups excluding carboxylic acids is 1. The molecule has 0 saturated heterocycles. The lowest BCUT2D eigenvalue weighted by Crippen LogP contribution is -2.34. The molecule has 0 aliphatic rings. The molecule has 0 aliphatic heterocycles. The Morgan fingerprint density at radius 3 is 2.62 bits per heavy atom. The van der Waals surface area contributed by atoms with Gasteiger partial charge in [0, 0.05) is 24.2 Å². The van der Waals surface area contributed by atoms with E-state index in [-0.39, 0.29) is 25.5 Å². The maximum atomic E-state index is 11.9. The van der Waals surface area contributed by atoms with Crippen molar-refractivity contribution in [2.24, 2.45) is 5.73 Å². The third-order valence-electron chi connectivity index (χ3n) is 2.59. The summed E-state index contributed by atoms with van der Waals surface area (Å²) in [5.41, 5.74) is 7.54. The molecule has 0 bridgehead atoms. The average molecular weight is 309 g/mol. The number of hydrogen-bond donors (Lipinski definition) is 3. The second-order valence-corrected chi connectivity index (χ2v) is 6.29. The predicted octanol–water partition coefficient (Wildman–Crippen LogP) is -0.416. The second-order valence-electron chi connectivity index (χ2n) is 4.46. The number of hydrogen-bond acceptors (Lipinski definition) is 4. The van der Waals surface area contributed by atoms with Gasteiger partial charge >= 0.3 is 0 Å². The van der Waals surface area contributed by atoms with E-state index in [0.717, 1.165) is 17.4 Å². The molecule has 1 aromatic carbocycles. The lowest BCUT2D eigenvalue weighted by molar-refractivity contribution is 0.0954. The van der Waals surface area contributed by atoms with Crippen LogP contribution in [0.25, 0.3) is 0 Å². The molecule has 21 heavy (non-hydrogen) atoms. The van der Waals surface area contributed by atoms with Crippen LogP contribution in [0.1, 0.15) is 21.5 Å². The zero-order valence-electron chi connectivity index (χ0n) is 12.1. The molecule has 0 saturated carbocycles. The fourth-order valence-corrected chi connectivity index (χ4v) is 2.08. The van der Waals surface area contributed by atoms with Crippen LogP contribution in [0.5, 0.6) is 0 Å². The van der Waals surface area contributed by atoms with E-state index in [9.17, 15) is 13.2 Å². The number of nitrogens with one attached hydrogen (secondary N) is 2. The average Bonchev–Trinajstić information content (AvgIpc) is 2.41. The molecule has 0 spiro atoms. The minimum Gasteiger partial charge on any atom is -0.351 e. The molecular formula is C14H19N3O3S. The molecule has 4 N–H and O–H groups in total. The van der Waals surface area contributed by atoms with Gasteiger partial charge in [0.1, 0.15) is 0 Å². The van der Waals surface area contributed by atoms with E-state index in [1.165, 1.54) is 0 Å². The van der Waals surface area contributed by atoms with Crippen molar-refractivity contribution < 1.29 is 13.2 Å². The van der Waals surface area contributed by atoms with E-state index >= 15 is 0 Å². The molecule has 0 fully saturated rings. The third-order valence-corrected chi connectivity index (χ3v) is 3.32. The molecule has 0 unspecified atom stereocenters. The van der Waals surface area contributed by atoms with E-state index in [2.05, 4.69) is 21.9 Å². The SMILES string of the molecule is Cc1cc(C(=O)NCCNS(C)(=O)=O)ccc1C#CCN. The molecule has 1 amide bonds. The first-order valence-corrected chi connectivity index (χ1v) is 8.25. The molecule has 0 aliphatic carbocycles. The largest absolute Gasteiger partial charge is 0.351 e. The smallest absolute Gasteiger partial charge is 0.251 e.